The van der Waals surface area contributed by atoms with Crippen molar-refractivity contribution in [3.05, 3.63) is 58.6 Å². The summed E-state index contributed by atoms with van der Waals surface area (Å²) in [6.45, 7) is 7.58. The van der Waals surface area contributed by atoms with Crippen LogP contribution >= 0.6 is 0 Å². The van der Waals surface area contributed by atoms with Gasteiger partial charge in [-0.05, 0) is 44.9 Å². The monoisotopic (exact) mass is 337 g/mol. The first-order valence-electron chi connectivity index (χ1n) is 7.86. The molecule has 1 aromatic carbocycles. The average Bonchev–Trinajstić information content (AvgIpc) is 2.95. The van der Waals surface area contributed by atoms with Crippen molar-refractivity contribution in [2.45, 2.75) is 27.7 Å². The maximum atomic E-state index is 12.4. The molecule has 0 aliphatic carbocycles. The number of amides is 1. The largest absolute Gasteiger partial charge is 0.360 e. The van der Waals surface area contributed by atoms with Gasteiger partial charge in [-0.3, -0.25) is 4.79 Å². The first kappa shape index (κ1) is 16.6. The highest BCUT2D eigenvalue weighted by Crippen LogP contribution is 2.23. The first-order valence-corrected chi connectivity index (χ1v) is 7.86. The number of anilines is 3. The highest BCUT2D eigenvalue weighted by Gasteiger charge is 2.14. The number of benzene rings is 1. The molecule has 0 radical (unpaired) electrons. The van der Waals surface area contributed by atoms with Gasteiger partial charge >= 0.3 is 0 Å². The van der Waals surface area contributed by atoms with Gasteiger partial charge in [-0.15, -0.1) is 0 Å². The molecule has 0 fully saturated rings. The van der Waals surface area contributed by atoms with Crippen molar-refractivity contribution in [1.29, 1.82) is 0 Å². The summed E-state index contributed by atoms with van der Waals surface area (Å²) in [6, 6.07) is 9.27. The Kier molecular flexibility index (Phi) is 4.47. The van der Waals surface area contributed by atoms with Crippen LogP contribution in [-0.4, -0.2) is 21.0 Å². The van der Waals surface area contributed by atoms with Gasteiger partial charge in [0.05, 0.1) is 0 Å². The lowest BCUT2D eigenvalue weighted by Crippen LogP contribution is -2.16. The van der Waals surface area contributed by atoms with E-state index in [2.05, 4.69) is 25.8 Å². The number of para-hydroxylation sites is 1. The fourth-order valence-corrected chi connectivity index (χ4v) is 2.47. The number of nitrogens with zero attached hydrogens (tertiary/aromatic N) is 3. The molecule has 0 saturated carbocycles. The topological polar surface area (TPSA) is 92.9 Å². The zero-order valence-electron chi connectivity index (χ0n) is 14.5. The van der Waals surface area contributed by atoms with E-state index in [0.717, 1.165) is 16.8 Å². The zero-order valence-corrected chi connectivity index (χ0v) is 14.5. The van der Waals surface area contributed by atoms with Gasteiger partial charge in [0.2, 0.25) is 5.95 Å². The Morgan fingerprint density at radius 3 is 2.40 bits per heavy atom. The molecule has 1 amide bonds. The van der Waals surface area contributed by atoms with Crippen LogP contribution in [0.2, 0.25) is 0 Å². The van der Waals surface area contributed by atoms with Gasteiger partial charge in [-0.25, -0.2) is 9.97 Å². The lowest BCUT2D eigenvalue weighted by molar-refractivity contribution is 0.102. The van der Waals surface area contributed by atoms with E-state index in [-0.39, 0.29) is 11.6 Å². The molecule has 2 heterocycles. The summed E-state index contributed by atoms with van der Waals surface area (Å²) >= 11 is 0. The molecule has 7 heteroatoms. The van der Waals surface area contributed by atoms with Crippen molar-refractivity contribution < 1.29 is 9.32 Å². The number of nitrogens with one attached hydrogen (secondary N) is 2. The summed E-state index contributed by atoms with van der Waals surface area (Å²) in [5.74, 6) is 0.969. The second-order valence-electron chi connectivity index (χ2n) is 5.89. The van der Waals surface area contributed by atoms with Gasteiger partial charge in [0.25, 0.3) is 5.91 Å². The minimum Gasteiger partial charge on any atom is -0.360 e. The molecule has 0 saturated heterocycles. The maximum Gasteiger partial charge on any atom is 0.275 e. The molecule has 0 atom stereocenters. The second-order valence-corrected chi connectivity index (χ2v) is 5.89. The number of hydrogen-bond acceptors (Lipinski definition) is 6. The highest BCUT2D eigenvalue weighted by molar-refractivity contribution is 6.02. The van der Waals surface area contributed by atoms with Crippen molar-refractivity contribution in [1.82, 2.24) is 15.1 Å². The third kappa shape index (κ3) is 3.82. The summed E-state index contributed by atoms with van der Waals surface area (Å²) in [5, 5.41) is 9.62. The summed E-state index contributed by atoms with van der Waals surface area (Å²) in [6.07, 6.45) is 0. The van der Waals surface area contributed by atoms with Crippen LogP contribution in [0.25, 0.3) is 0 Å². The number of carbonyl (C=O) groups is 1. The predicted octanol–water partition coefficient (Wildman–Crippen LogP) is 3.69. The molecule has 2 aromatic heterocycles. The lowest BCUT2D eigenvalue weighted by atomic mass is 10.1. The van der Waals surface area contributed by atoms with Crippen LogP contribution in [0.1, 0.15) is 33.1 Å². The molecule has 0 unspecified atom stereocenters. The molecule has 3 rings (SSSR count). The minimum atomic E-state index is -0.372. The Bertz CT molecular complexity index is 913. The van der Waals surface area contributed by atoms with Crippen LogP contribution in [0.5, 0.6) is 0 Å². The van der Waals surface area contributed by atoms with E-state index in [9.17, 15) is 4.79 Å². The first-order chi connectivity index (χ1) is 11.9. The third-order valence-electron chi connectivity index (χ3n) is 3.67. The molecule has 0 spiro atoms. The van der Waals surface area contributed by atoms with Gasteiger partial charge in [0, 0.05) is 17.4 Å². The van der Waals surface area contributed by atoms with E-state index in [4.69, 9.17) is 4.52 Å². The second kappa shape index (κ2) is 6.72. The van der Waals surface area contributed by atoms with Crippen molar-refractivity contribution in [3.8, 4) is 0 Å². The molecule has 0 aliphatic rings. The van der Waals surface area contributed by atoms with Gasteiger partial charge in [0.15, 0.2) is 5.82 Å². The molecule has 3 aromatic rings. The lowest BCUT2D eigenvalue weighted by Gasteiger charge is -2.12. The third-order valence-corrected chi connectivity index (χ3v) is 3.67. The smallest absolute Gasteiger partial charge is 0.275 e. The highest BCUT2D eigenvalue weighted by atomic mass is 16.5. The van der Waals surface area contributed by atoms with Crippen LogP contribution in [-0.2, 0) is 0 Å². The van der Waals surface area contributed by atoms with E-state index in [1.165, 1.54) is 0 Å². The predicted molar refractivity (Wildman–Crippen MR) is 95.2 cm³/mol. The molecule has 0 bridgehead atoms. The normalized spacial score (nSPS) is 10.6. The van der Waals surface area contributed by atoms with Gasteiger partial charge in [-0.1, -0.05) is 23.4 Å². The van der Waals surface area contributed by atoms with E-state index in [0.29, 0.717) is 23.2 Å². The number of carbonyl (C=O) groups excluding carboxylic acids is 1. The molecule has 128 valence electrons. The Morgan fingerprint density at radius 2 is 1.76 bits per heavy atom. The Labute approximate surface area is 145 Å². The zero-order chi connectivity index (χ0) is 18.0. The summed E-state index contributed by atoms with van der Waals surface area (Å²) in [7, 11) is 0. The fraction of sp³-hybridized carbons (Fsp3) is 0.222. The van der Waals surface area contributed by atoms with Crippen LogP contribution in [0.3, 0.4) is 0 Å². The SMILES string of the molecule is Cc1cc(C(=O)Nc2cc(C)on2)nc(Nc2c(C)cccc2C)n1. The Morgan fingerprint density at radius 1 is 1.04 bits per heavy atom. The minimum absolute atomic E-state index is 0.252. The quantitative estimate of drug-likeness (QED) is 0.754. The number of aromatic nitrogens is 3. The summed E-state index contributed by atoms with van der Waals surface area (Å²) in [4.78, 5) is 21.1. The van der Waals surface area contributed by atoms with Gasteiger partial charge < -0.3 is 15.2 Å². The summed E-state index contributed by atoms with van der Waals surface area (Å²) in [5.41, 5.74) is 4.03. The molecule has 0 aliphatic heterocycles. The maximum absolute atomic E-state index is 12.4. The van der Waals surface area contributed by atoms with Crippen LogP contribution < -0.4 is 10.6 Å². The van der Waals surface area contributed by atoms with Crippen molar-refractivity contribution in [3.63, 3.8) is 0 Å². The van der Waals surface area contributed by atoms with Crippen LogP contribution in [0.15, 0.2) is 34.9 Å². The van der Waals surface area contributed by atoms with E-state index in [1.54, 1.807) is 19.1 Å². The Balaban J connectivity index is 1.86. The number of hydrogen-bond donors (Lipinski definition) is 2. The summed E-state index contributed by atoms with van der Waals surface area (Å²) < 4.78 is 4.94. The number of rotatable bonds is 4. The standard InChI is InChI=1S/C18H19N5O2/c1-10-6-5-7-11(2)16(10)22-18-19-12(3)8-14(20-18)17(24)21-15-9-13(4)25-23-15/h5-9H,1-4H3,(H,19,20,22)(H,21,23,24). The van der Waals surface area contributed by atoms with Crippen molar-refractivity contribution in [2.24, 2.45) is 0 Å². The van der Waals surface area contributed by atoms with E-state index in [1.807, 2.05) is 39.0 Å². The van der Waals surface area contributed by atoms with Crippen LogP contribution in [0.4, 0.5) is 17.5 Å². The molecule has 25 heavy (non-hydrogen) atoms. The Hall–Kier alpha value is -3.22. The van der Waals surface area contributed by atoms with Crippen molar-refractivity contribution >= 4 is 23.4 Å². The van der Waals surface area contributed by atoms with E-state index < -0.39 is 0 Å². The molecule has 2 N–H and O–H groups in total. The van der Waals surface area contributed by atoms with Crippen LogP contribution in [0, 0.1) is 27.7 Å². The van der Waals surface area contributed by atoms with Crippen molar-refractivity contribution in [2.75, 3.05) is 10.6 Å². The van der Waals surface area contributed by atoms with E-state index >= 15 is 0 Å². The fourth-order valence-electron chi connectivity index (χ4n) is 2.47. The average molecular weight is 337 g/mol. The van der Waals surface area contributed by atoms with Gasteiger partial charge in [-0.2, -0.15) is 0 Å². The molecule has 7 nitrogen and oxygen atoms in total. The van der Waals surface area contributed by atoms with Gasteiger partial charge in [0.1, 0.15) is 11.5 Å². The molecular formula is C18H19N5O2. The number of aryl methyl sites for hydroxylation is 4. The molecular weight excluding hydrogens is 318 g/mol.